The van der Waals surface area contributed by atoms with Crippen molar-refractivity contribution in [1.29, 1.82) is 0 Å². The number of furan rings is 1. The van der Waals surface area contributed by atoms with Crippen molar-refractivity contribution < 1.29 is 9.21 Å². The normalized spacial score (nSPS) is 8.50. The van der Waals surface area contributed by atoms with E-state index in [1.165, 1.54) is 6.92 Å². The molecule has 0 spiro atoms. The lowest BCUT2D eigenvalue weighted by Gasteiger charge is -1.94. The van der Waals surface area contributed by atoms with E-state index in [2.05, 4.69) is 0 Å². The molecule has 18 heavy (non-hydrogen) atoms. The van der Waals surface area contributed by atoms with Crippen LogP contribution in [0.4, 0.5) is 0 Å². The molecule has 0 fully saturated rings. The number of rotatable bonds is 2. The molecular formula is C16H22O2. The van der Waals surface area contributed by atoms with Crippen LogP contribution >= 0.6 is 0 Å². The maximum absolute atomic E-state index is 11.0. The van der Waals surface area contributed by atoms with Crippen molar-refractivity contribution in [1.82, 2.24) is 0 Å². The Bertz CT molecular complexity index is 441. The van der Waals surface area contributed by atoms with E-state index in [9.17, 15) is 4.79 Å². The zero-order valence-corrected chi connectivity index (χ0v) is 11.9. The quantitative estimate of drug-likeness (QED) is 0.681. The minimum Gasteiger partial charge on any atom is -0.453 e. The summed E-state index contributed by atoms with van der Waals surface area (Å²) in [5, 5.41) is 0. The Kier molecular flexibility index (Phi) is 8.29. The molecule has 0 saturated carbocycles. The molecule has 0 aliphatic heterocycles. The van der Waals surface area contributed by atoms with E-state index in [1.54, 1.807) is 6.07 Å². The molecule has 0 N–H and O–H groups in total. The van der Waals surface area contributed by atoms with Gasteiger partial charge in [0, 0.05) is 12.5 Å². The summed E-state index contributed by atoms with van der Waals surface area (Å²) in [6.07, 6.45) is 0. The summed E-state index contributed by atoms with van der Waals surface area (Å²) in [6.45, 7) is 9.49. The fourth-order valence-corrected chi connectivity index (χ4v) is 1.28. The minimum atomic E-state index is -0.0489. The Balaban J connectivity index is 0.000000659. The van der Waals surface area contributed by atoms with Crippen LogP contribution in [0.1, 0.15) is 45.2 Å². The van der Waals surface area contributed by atoms with Crippen molar-refractivity contribution >= 4 is 5.78 Å². The lowest BCUT2D eigenvalue weighted by atomic mass is 10.2. The van der Waals surface area contributed by atoms with Gasteiger partial charge in [0.25, 0.3) is 0 Å². The first-order valence-electron chi connectivity index (χ1n) is 6.43. The smallest absolute Gasteiger partial charge is 0.194 e. The predicted molar refractivity (Wildman–Crippen MR) is 76.8 cm³/mol. The Hall–Kier alpha value is -1.83. The highest BCUT2D eigenvalue weighted by molar-refractivity contribution is 5.91. The number of hydrogen-bond donors (Lipinski definition) is 0. The second-order valence-corrected chi connectivity index (χ2v) is 3.09. The molecule has 1 heterocycles. The van der Waals surface area contributed by atoms with Gasteiger partial charge in [0.05, 0.1) is 0 Å². The number of hydrogen-bond acceptors (Lipinski definition) is 2. The molecule has 0 aliphatic carbocycles. The minimum absolute atomic E-state index is 0.0489. The molecule has 0 unspecified atom stereocenters. The van der Waals surface area contributed by atoms with E-state index in [-0.39, 0.29) is 5.78 Å². The zero-order chi connectivity index (χ0) is 14.0. The summed E-state index contributed by atoms with van der Waals surface area (Å²) < 4.78 is 5.38. The Morgan fingerprint density at radius 1 is 0.889 bits per heavy atom. The highest BCUT2D eigenvalue weighted by Gasteiger charge is 2.06. The van der Waals surface area contributed by atoms with E-state index in [1.807, 2.05) is 64.1 Å². The van der Waals surface area contributed by atoms with E-state index in [0.717, 1.165) is 11.3 Å². The van der Waals surface area contributed by atoms with E-state index in [4.69, 9.17) is 4.42 Å². The SMILES string of the molecule is CC.CC.CC(=O)c1ccc(-c2ccccc2)o1. The maximum atomic E-state index is 11.0. The first kappa shape index (κ1) is 16.2. The third kappa shape index (κ3) is 4.58. The molecule has 0 radical (unpaired) electrons. The van der Waals surface area contributed by atoms with Crippen LogP contribution in [-0.2, 0) is 0 Å². The molecule has 0 aliphatic rings. The summed E-state index contributed by atoms with van der Waals surface area (Å²) in [5.41, 5.74) is 0.986. The van der Waals surface area contributed by atoms with Crippen molar-refractivity contribution in [2.75, 3.05) is 0 Å². The number of carbonyl (C=O) groups is 1. The third-order valence-electron chi connectivity index (χ3n) is 2.01. The molecule has 1 aromatic carbocycles. The summed E-state index contributed by atoms with van der Waals surface area (Å²) in [5.74, 6) is 1.09. The fourth-order valence-electron chi connectivity index (χ4n) is 1.28. The lowest BCUT2D eigenvalue weighted by molar-refractivity contribution is 0.0988. The molecule has 2 rings (SSSR count). The molecule has 98 valence electrons. The second kappa shape index (κ2) is 9.23. The van der Waals surface area contributed by atoms with Gasteiger partial charge < -0.3 is 4.42 Å². The van der Waals surface area contributed by atoms with Crippen LogP contribution in [0.25, 0.3) is 11.3 Å². The molecule has 2 aromatic rings. The summed E-state index contributed by atoms with van der Waals surface area (Å²) in [7, 11) is 0. The largest absolute Gasteiger partial charge is 0.453 e. The summed E-state index contributed by atoms with van der Waals surface area (Å²) in [4.78, 5) is 11.0. The predicted octanol–water partition coefficient (Wildman–Crippen LogP) is 5.20. The molecule has 0 atom stereocenters. The van der Waals surface area contributed by atoms with Gasteiger partial charge in [-0.15, -0.1) is 0 Å². The molecular weight excluding hydrogens is 224 g/mol. The van der Waals surface area contributed by atoms with Crippen LogP contribution in [0.3, 0.4) is 0 Å². The van der Waals surface area contributed by atoms with Crippen LogP contribution < -0.4 is 0 Å². The Labute approximate surface area is 110 Å². The first-order valence-corrected chi connectivity index (χ1v) is 6.43. The molecule has 0 bridgehead atoms. The molecule has 2 nitrogen and oxygen atoms in total. The highest BCUT2D eigenvalue weighted by Crippen LogP contribution is 2.21. The van der Waals surface area contributed by atoms with Crippen LogP contribution in [0.5, 0.6) is 0 Å². The molecule has 1 aromatic heterocycles. The third-order valence-corrected chi connectivity index (χ3v) is 2.01. The Morgan fingerprint density at radius 2 is 1.44 bits per heavy atom. The van der Waals surface area contributed by atoms with Gasteiger partial charge in [-0.2, -0.15) is 0 Å². The van der Waals surface area contributed by atoms with Gasteiger partial charge in [0.2, 0.25) is 0 Å². The number of Topliss-reactive ketones (excluding diaryl/α,β-unsaturated/α-hetero) is 1. The van der Waals surface area contributed by atoms with Gasteiger partial charge in [-0.25, -0.2) is 0 Å². The fraction of sp³-hybridized carbons (Fsp3) is 0.312. The number of carbonyl (C=O) groups excluding carboxylic acids is 1. The van der Waals surface area contributed by atoms with Crippen molar-refractivity contribution in [2.45, 2.75) is 34.6 Å². The molecule has 2 heteroatoms. The van der Waals surface area contributed by atoms with Crippen molar-refractivity contribution in [3.8, 4) is 11.3 Å². The zero-order valence-electron chi connectivity index (χ0n) is 11.9. The van der Waals surface area contributed by atoms with Crippen molar-refractivity contribution in [3.05, 3.63) is 48.2 Å². The molecule has 0 amide bonds. The maximum Gasteiger partial charge on any atom is 0.194 e. The monoisotopic (exact) mass is 246 g/mol. The number of ketones is 1. The lowest BCUT2D eigenvalue weighted by Crippen LogP contribution is -1.85. The summed E-state index contributed by atoms with van der Waals surface area (Å²) >= 11 is 0. The molecule has 0 saturated heterocycles. The van der Waals surface area contributed by atoms with Gasteiger partial charge >= 0.3 is 0 Å². The van der Waals surface area contributed by atoms with Crippen molar-refractivity contribution in [2.24, 2.45) is 0 Å². The van der Waals surface area contributed by atoms with Crippen LogP contribution in [-0.4, -0.2) is 5.78 Å². The topological polar surface area (TPSA) is 30.2 Å². The van der Waals surface area contributed by atoms with Crippen molar-refractivity contribution in [3.63, 3.8) is 0 Å². The van der Waals surface area contributed by atoms with E-state index in [0.29, 0.717) is 5.76 Å². The van der Waals surface area contributed by atoms with Crippen LogP contribution in [0.15, 0.2) is 46.9 Å². The van der Waals surface area contributed by atoms with Gasteiger partial charge in [0.1, 0.15) is 5.76 Å². The first-order chi connectivity index (χ1) is 8.77. The van der Waals surface area contributed by atoms with E-state index >= 15 is 0 Å². The number of benzene rings is 1. The average Bonchev–Trinajstić information content (AvgIpc) is 2.94. The van der Waals surface area contributed by atoms with Gasteiger partial charge in [-0.3, -0.25) is 4.79 Å². The average molecular weight is 246 g/mol. The second-order valence-electron chi connectivity index (χ2n) is 3.09. The summed E-state index contributed by atoms with van der Waals surface area (Å²) in [6, 6.07) is 13.2. The van der Waals surface area contributed by atoms with Gasteiger partial charge in [-0.05, 0) is 12.1 Å². The van der Waals surface area contributed by atoms with E-state index < -0.39 is 0 Å². The Morgan fingerprint density at radius 3 is 1.89 bits per heavy atom. The van der Waals surface area contributed by atoms with Crippen LogP contribution in [0, 0.1) is 0 Å². The van der Waals surface area contributed by atoms with Gasteiger partial charge in [0.15, 0.2) is 11.5 Å². The standard InChI is InChI=1S/C12H10O2.2C2H6/c1-9(13)11-7-8-12(14-11)10-5-3-2-4-6-10;2*1-2/h2-8H,1H3;2*1-2H3. The van der Waals surface area contributed by atoms with Crippen LogP contribution in [0.2, 0.25) is 0 Å². The highest BCUT2D eigenvalue weighted by atomic mass is 16.3. The van der Waals surface area contributed by atoms with Gasteiger partial charge in [-0.1, -0.05) is 58.0 Å².